The Morgan fingerprint density at radius 1 is 1.60 bits per heavy atom. The zero-order chi connectivity index (χ0) is 11.3. The van der Waals surface area contributed by atoms with Crippen molar-refractivity contribution in [3.63, 3.8) is 0 Å². The molecule has 0 spiro atoms. The van der Waals surface area contributed by atoms with Gasteiger partial charge in [-0.15, -0.1) is 0 Å². The van der Waals surface area contributed by atoms with Crippen LogP contribution in [0.15, 0.2) is 0 Å². The molecular formula is C10H20N2O3. The molecule has 1 aliphatic rings. The normalized spacial score (nSPS) is 27.7. The third-order valence-corrected chi connectivity index (χ3v) is 2.74. The summed E-state index contributed by atoms with van der Waals surface area (Å²) in [6.07, 6.45) is 0.587. The zero-order valence-corrected chi connectivity index (χ0v) is 9.32. The van der Waals surface area contributed by atoms with Gasteiger partial charge in [-0.2, -0.15) is 0 Å². The van der Waals surface area contributed by atoms with Crippen molar-refractivity contribution >= 4 is 5.91 Å². The van der Waals surface area contributed by atoms with Crippen molar-refractivity contribution in [3.8, 4) is 0 Å². The summed E-state index contributed by atoms with van der Waals surface area (Å²) < 4.78 is 5.25. The lowest BCUT2D eigenvalue weighted by molar-refractivity contribution is -0.126. The molecule has 0 aliphatic carbocycles. The van der Waals surface area contributed by atoms with Crippen LogP contribution in [0.4, 0.5) is 0 Å². The quantitative estimate of drug-likeness (QED) is 0.557. The maximum absolute atomic E-state index is 11.8. The predicted octanol–water partition coefficient (Wildman–Crippen LogP) is -0.892. The molecule has 3 N–H and O–H groups in total. The lowest BCUT2D eigenvalue weighted by Crippen LogP contribution is -2.45. The molecule has 3 unspecified atom stereocenters. The molecule has 3 atom stereocenters. The lowest BCUT2D eigenvalue weighted by Gasteiger charge is -2.19. The van der Waals surface area contributed by atoms with Gasteiger partial charge in [-0.3, -0.25) is 4.79 Å². The number of nitrogens with one attached hydrogen (secondary N) is 2. The molecule has 0 aromatic rings. The van der Waals surface area contributed by atoms with Crippen molar-refractivity contribution in [2.45, 2.75) is 25.4 Å². The fourth-order valence-corrected chi connectivity index (χ4v) is 1.71. The third-order valence-electron chi connectivity index (χ3n) is 2.74. The summed E-state index contributed by atoms with van der Waals surface area (Å²) in [6.45, 7) is 3.04. The second-order valence-electron chi connectivity index (χ2n) is 3.96. The van der Waals surface area contributed by atoms with Gasteiger partial charge in [-0.25, -0.2) is 0 Å². The molecule has 1 saturated heterocycles. The van der Waals surface area contributed by atoms with Crippen molar-refractivity contribution in [1.82, 2.24) is 10.6 Å². The summed E-state index contributed by atoms with van der Waals surface area (Å²) in [5.74, 6) is -0.107. The fourth-order valence-electron chi connectivity index (χ4n) is 1.71. The first kappa shape index (κ1) is 12.4. The largest absolute Gasteiger partial charge is 0.396 e. The number of rotatable bonds is 5. The second kappa shape index (κ2) is 6.05. The van der Waals surface area contributed by atoms with Crippen LogP contribution in [0.1, 0.15) is 13.3 Å². The van der Waals surface area contributed by atoms with Gasteiger partial charge in [0.2, 0.25) is 5.91 Å². The molecule has 0 bridgehead atoms. The first-order valence-corrected chi connectivity index (χ1v) is 5.35. The number of ether oxygens (including phenoxy) is 1. The van der Waals surface area contributed by atoms with Crippen LogP contribution < -0.4 is 10.6 Å². The monoisotopic (exact) mass is 216 g/mol. The summed E-state index contributed by atoms with van der Waals surface area (Å²) in [5.41, 5.74) is 0. The predicted molar refractivity (Wildman–Crippen MR) is 56.5 cm³/mol. The van der Waals surface area contributed by atoms with E-state index < -0.39 is 0 Å². The molecule has 5 nitrogen and oxygen atoms in total. The SMILES string of the molecule is CNC1COCC1C(=O)NC(C)CCO. The average molecular weight is 216 g/mol. The third kappa shape index (κ3) is 3.44. The van der Waals surface area contributed by atoms with Crippen molar-refractivity contribution in [2.24, 2.45) is 5.92 Å². The summed E-state index contributed by atoms with van der Waals surface area (Å²) in [6, 6.07) is 0.118. The van der Waals surface area contributed by atoms with Gasteiger partial charge in [-0.05, 0) is 20.4 Å². The summed E-state index contributed by atoms with van der Waals surface area (Å²) in [7, 11) is 1.83. The van der Waals surface area contributed by atoms with Crippen molar-refractivity contribution < 1.29 is 14.6 Å². The maximum atomic E-state index is 11.8. The van der Waals surface area contributed by atoms with Crippen molar-refractivity contribution in [1.29, 1.82) is 0 Å². The molecule has 1 aliphatic heterocycles. The molecule has 0 saturated carbocycles. The highest BCUT2D eigenvalue weighted by atomic mass is 16.5. The van der Waals surface area contributed by atoms with Crippen LogP contribution in [0.5, 0.6) is 0 Å². The Balaban J connectivity index is 2.38. The van der Waals surface area contributed by atoms with E-state index in [1.807, 2.05) is 14.0 Å². The molecule has 1 rings (SSSR count). The number of likely N-dealkylation sites (N-methyl/N-ethyl adjacent to an activating group) is 1. The van der Waals surface area contributed by atoms with E-state index >= 15 is 0 Å². The van der Waals surface area contributed by atoms with Crippen LogP contribution >= 0.6 is 0 Å². The summed E-state index contributed by atoms with van der Waals surface area (Å²) in [5, 5.41) is 14.7. The highest BCUT2D eigenvalue weighted by molar-refractivity contribution is 5.80. The Morgan fingerprint density at radius 2 is 2.33 bits per heavy atom. The molecule has 1 amide bonds. The minimum Gasteiger partial charge on any atom is -0.396 e. The minimum atomic E-state index is -0.115. The van der Waals surface area contributed by atoms with Gasteiger partial charge in [0.25, 0.3) is 0 Å². The first-order chi connectivity index (χ1) is 7.19. The smallest absolute Gasteiger partial charge is 0.227 e. The Bertz CT molecular complexity index is 211. The lowest BCUT2D eigenvalue weighted by atomic mass is 10.0. The van der Waals surface area contributed by atoms with Crippen LogP contribution in [-0.4, -0.2) is 50.0 Å². The molecule has 88 valence electrons. The fraction of sp³-hybridized carbons (Fsp3) is 0.900. The number of carbonyl (C=O) groups is 1. The molecule has 1 fully saturated rings. The van der Waals surface area contributed by atoms with Gasteiger partial charge in [0.15, 0.2) is 0 Å². The highest BCUT2D eigenvalue weighted by Gasteiger charge is 2.33. The number of aliphatic hydroxyl groups excluding tert-OH is 1. The second-order valence-corrected chi connectivity index (χ2v) is 3.96. The average Bonchev–Trinajstić information content (AvgIpc) is 2.65. The van der Waals surface area contributed by atoms with Crippen molar-refractivity contribution in [3.05, 3.63) is 0 Å². The van der Waals surface area contributed by atoms with E-state index in [0.29, 0.717) is 19.6 Å². The van der Waals surface area contributed by atoms with Gasteiger partial charge in [0, 0.05) is 18.7 Å². The van der Waals surface area contributed by atoms with E-state index in [0.717, 1.165) is 0 Å². The van der Waals surface area contributed by atoms with Gasteiger partial charge in [0.1, 0.15) is 0 Å². The Labute approximate surface area is 90.2 Å². The number of amides is 1. The van der Waals surface area contributed by atoms with Gasteiger partial charge < -0.3 is 20.5 Å². The molecule has 0 aromatic heterocycles. The van der Waals surface area contributed by atoms with Crippen LogP contribution in [-0.2, 0) is 9.53 Å². The number of hydrogen-bond donors (Lipinski definition) is 3. The molecule has 15 heavy (non-hydrogen) atoms. The Morgan fingerprint density at radius 3 is 2.93 bits per heavy atom. The van der Waals surface area contributed by atoms with E-state index in [1.54, 1.807) is 0 Å². The van der Waals surface area contributed by atoms with Gasteiger partial charge in [0.05, 0.1) is 19.1 Å². The Kier molecular flexibility index (Phi) is 5.01. The minimum absolute atomic E-state index is 0.00722. The van der Waals surface area contributed by atoms with E-state index in [1.165, 1.54) is 0 Å². The van der Waals surface area contributed by atoms with E-state index in [-0.39, 0.29) is 30.5 Å². The molecule has 0 aromatic carbocycles. The molecular weight excluding hydrogens is 196 g/mol. The van der Waals surface area contributed by atoms with Crippen LogP contribution in [0.25, 0.3) is 0 Å². The number of carbonyl (C=O) groups excluding carboxylic acids is 1. The first-order valence-electron chi connectivity index (χ1n) is 5.35. The van der Waals surface area contributed by atoms with Crippen LogP contribution in [0, 0.1) is 5.92 Å². The van der Waals surface area contributed by atoms with Crippen LogP contribution in [0.3, 0.4) is 0 Å². The topological polar surface area (TPSA) is 70.6 Å². The van der Waals surface area contributed by atoms with E-state index in [4.69, 9.17) is 9.84 Å². The number of aliphatic hydroxyl groups is 1. The molecule has 0 radical (unpaired) electrons. The number of hydrogen-bond acceptors (Lipinski definition) is 4. The van der Waals surface area contributed by atoms with E-state index in [2.05, 4.69) is 10.6 Å². The molecule has 1 heterocycles. The van der Waals surface area contributed by atoms with Gasteiger partial charge in [-0.1, -0.05) is 0 Å². The standard InChI is InChI=1S/C10H20N2O3/c1-7(3-4-13)12-10(14)8-5-15-6-9(8)11-2/h7-9,11,13H,3-6H2,1-2H3,(H,12,14). The summed E-state index contributed by atoms with van der Waals surface area (Å²) in [4.78, 5) is 11.8. The van der Waals surface area contributed by atoms with Crippen LogP contribution in [0.2, 0.25) is 0 Å². The Hall–Kier alpha value is -0.650. The van der Waals surface area contributed by atoms with Gasteiger partial charge >= 0.3 is 0 Å². The maximum Gasteiger partial charge on any atom is 0.227 e. The highest BCUT2D eigenvalue weighted by Crippen LogP contribution is 2.13. The van der Waals surface area contributed by atoms with E-state index in [9.17, 15) is 4.79 Å². The molecule has 5 heteroatoms. The summed E-state index contributed by atoms with van der Waals surface area (Å²) >= 11 is 0. The van der Waals surface area contributed by atoms with Crippen molar-refractivity contribution in [2.75, 3.05) is 26.9 Å². The zero-order valence-electron chi connectivity index (χ0n) is 9.32.